The first-order valence-corrected chi connectivity index (χ1v) is 6.07. The molecule has 16 heavy (non-hydrogen) atoms. The highest BCUT2D eigenvalue weighted by molar-refractivity contribution is 9.10. The van der Waals surface area contributed by atoms with E-state index in [1.807, 2.05) is 0 Å². The summed E-state index contributed by atoms with van der Waals surface area (Å²) in [5.74, 6) is -0.295. The second-order valence-electron chi connectivity index (χ2n) is 3.57. The van der Waals surface area contributed by atoms with Crippen LogP contribution in [0.15, 0.2) is 22.7 Å². The first-order valence-electron chi connectivity index (χ1n) is 4.90. The number of halogens is 2. The molecule has 0 N–H and O–H groups in total. The first-order chi connectivity index (χ1) is 7.59. The zero-order chi connectivity index (χ0) is 11.7. The van der Waals surface area contributed by atoms with E-state index in [9.17, 15) is 9.59 Å². The molecule has 0 unspecified atom stereocenters. The van der Waals surface area contributed by atoms with Gasteiger partial charge in [0.25, 0.3) is 0 Å². The van der Waals surface area contributed by atoms with Crippen molar-refractivity contribution in [2.45, 2.75) is 19.3 Å². The Bertz CT molecular complexity index is 445. The van der Waals surface area contributed by atoms with Gasteiger partial charge in [-0.25, -0.2) is 0 Å². The number of amides is 2. The van der Waals surface area contributed by atoms with Crippen LogP contribution in [0, 0.1) is 0 Å². The van der Waals surface area contributed by atoms with E-state index in [2.05, 4.69) is 15.9 Å². The predicted octanol–water partition coefficient (Wildman–Crippen LogP) is 3.15. The standard InChI is InChI=1S/C11H9BrClNO2/c12-8-6-7(4-5-9(8)13)14-10(15)2-1-3-11(14)16/h4-6H,1-3H2. The highest BCUT2D eigenvalue weighted by atomic mass is 79.9. The van der Waals surface area contributed by atoms with E-state index < -0.39 is 0 Å². The van der Waals surface area contributed by atoms with Gasteiger partial charge in [0.1, 0.15) is 0 Å². The molecule has 5 heteroatoms. The summed E-state index contributed by atoms with van der Waals surface area (Å²) in [6, 6.07) is 5.02. The van der Waals surface area contributed by atoms with Crippen molar-refractivity contribution in [2.75, 3.05) is 4.90 Å². The van der Waals surface area contributed by atoms with Crippen LogP contribution in [0.5, 0.6) is 0 Å². The lowest BCUT2D eigenvalue weighted by Gasteiger charge is -2.25. The maximum Gasteiger partial charge on any atom is 0.233 e. The molecule has 2 amide bonds. The summed E-state index contributed by atoms with van der Waals surface area (Å²) in [7, 11) is 0. The van der Waals surface area contributed by atoms with Gasteiger partial charge in [-0.15, -0.1) is 0 Å². The number of piperidine rings is 1. The molecule has 1 aliphatic rings. The van der Waals surface area contributed by atoms with Gasteiger partial charge < -0.3 is 0 Å². The molecule has 0 saturated carbocycles. The van der Waals surface area contributed by atoms with Gasteiger partial charge >= 0.3 is 0 Å². The number of hydrogen-bond donors (Lipinski definition) is 0. The lowest BCUT2D eigenvalue weighted by molar-refractivity contribution is -0.129. The molecule has 0 bridgehead atoms. The van der Waals surface area contributed by atoms with Gasteiger partial charge in [0.2, 0.25) is 11.8 Å². The predicted molar refractivity (Wildman–Crippen MR) is 65.5 cm³/mol. The van der Waals surface area contributed by atoms with Gasteiger partial charge in [0.05, 0.1) is 10.7 Å². The van der Waals surface area contributed by atoms with Gasteiger partial charge in [0, 0.05) is 17.3 Å². The zero-order valence-electron chi connectivity index (χ0n) is 8.37. The first kappa shape index (κ1) is 11.6. The molecule has 1 aromatic rings. The second kappa shape index (κ2) is 4.55. The van der Waals surface area contributed by atoms with Crippen LogP contribution in [0.25, 0.3) is 0 Å². The maximum atomic E-state index is 11.7. The van der Waals surface area contributed by atoms with E-state index in [0.717, 1.165) is 0 Å². The third-order valence-corrected chi connectivity index (χ3v) is 3.66. The Hall–Kier alpha value is -0.870. The van der Waals surface area contributed by atoms with Crippen LogP contribution < -0.4 is 4.90 Å². The van der Waals surface area contributed by atoms with Crippen LogP contribution >= 0.6 is 27.5 Å². The Morgan fingerprint density at radius 3 is 2.38 bits per heavy atom. The molecule has 84 valence electrons. The van der Waals surface area contributed by atoms with Crippen LogP contribution in [-0.2, 0) is 9.59 Å². The van der Waals surface area contributed by atoms with Gasteiger partial charge in [-0.05, 0) is 40.5 Å². The average Bonchev–Trinajstić information content (AvgIpc) is 2.23. The van der Waals surface area contributed by atoms with Crippen LogP contribution in [-0.4, -0.2) is 11.8 Å². The summed E-state index contributed by atoms with van der Waals surface area (Å²) in [6.07, 6.45) is 1.49. The van der Waals surface area contributed by atoms with Crippen molar-refractivity contribution in [3.63, 3.8) is 0 Å². The zero-order valence-corrected chi connectivity index (χ0v) is 10.7. The highest BCUT2D eigenvalue weighted by Gasteiger charge is 2.27. The summed E-state index contributed by atoms with van der Waals surface area (Å²) >= 11 is 9.13. The number of anilines is 1. The topological polar surface area (TPSA) is 37.4 Å². The van der Waals surface area contributed by atoms with E-state index in [4.69, 9.17) is 11.6 Å². The smallest absolute Gasteiger partial charge is 0.233 e. The highest BCUT2D eigenvalue weighted by Crippen LogP contribution is 2.29. The number of carbonyl (C=O) groups is 2. The van der Waals surface area contributed by atoms with Crippen LogP contribution in [0.1, 0.15) is 19.3 Å². The lowest BCUT2D eigenvalue weighted by atomic mass is 10.1. The minimum Gasteiger partial charge on any atom is -0.274 e. The molecule has 0 aromatic heterocycles. The average molecular weight is 303 g/mol. The van der Waals surface area contributed by atoms with E-state index in [-0.39, 0.29) is 11.8 Å². The number of benzene rings is 1. The Morgan fingerprint density at radius 1 is 1.19 bits per heavy atom. The maximum absolute atomic E-state index is 11.7. The molecule has 2 rings (SSSR count). The SMILES string of the molecule is O=C1CCCC(=O)N1c1ccc(Cl)c(Br)c1. The quantitative estimate of drug-likeness (QED) is 0.747. The fourth-order valence-electron chi connectivity index (χ4n) is 1.67. The monoisotopic (exact) mass is 301 g/mol. The number of carbonyl (C=O) groups excluding carboxylic acids is 2. The molecule has 0 aliphatic carbocycles. The van der Waals surface area contributed by atoms with Crippen LogP contribution in [0.3, 0.4) is 0 Å². The number of nitrogens with zero attached hydrogens (tertiary/aromatic N) is 1. The van der Waals surface area contributed by atoms with Crippen molar-refractivity contribution in [1.82, 2.24) is 0 Å². The molecule has 1 heterocycles. The Kier molecular flexibility index (Phi) is 3.30. The van der Waals surface area contributed by atoms with Crippen molar-refractivity contribution in [3.8, 4) is 0 Å². The third kappa shape index (κ3) is 2.13. The molecule has 1 saturated heterocycles. The molecular formula is C11H9BrClNO2. The molecular weight excluding hydrogens is 293 g/mol. The fourth-order valence-corrected chi connectivity index (χ4v) is 2.15. The van der Waals surface area contributed by atoms with Gasteiger partial charge in [-0.2, -0.15) is 0 Å². The van der Waals surface area contributed by atoms with Crippen LogP contribution in [0.2, 0.25) is 5.02 Å². The molecule has 3 nitrogen and oxygen atoms in total. The Balaban J connectivity index is 2.38. The minimum atomic E-state index is -0.148. The largest absolute Gasteiger partial charge is 0.274 e. The normalized spacial score (nSPS) is 16.8. The number of imide groups is 1. The van der Waals surface area contributed by atoms with Crippen molar-refractivity contribution >= 4 is 45.0 Å². The summed E-state index contributed by atoms with van der Waals surface area (Å²) < 4.78 is 0.679. The summed E-state index contributed by atoms with van der Waals surface area (Å²) in [4.78, 5) is 24.5. The van der Waals surface area contributed by atoms with Crippen LogP contribution in [0.4, 0.5) is 5.69 Å². The minimum absolute atomic E-state index is 0.148. The molecule has 1 fully saturated rings. The summed E-state index contributed by atoms with van der Waals surface area (Å²) in [5, 5.41) is 0.556. The van der Waals surface area contributed by atoms with E-state index in [1.165, 1.54) is 4.90 Å². The van der Waals surface area contributed by atoms with Crippen molar-refractivity contribution in [3.05, 3.63) is 27.7 Å². The van der Waals surface area contributed by atoms with E-state index >= 15 is 0 Å². The van der Waals surface area contributed by atoms with Gasteiger partial charge in [0.15, 0.2) is 0 Å². The van der Waals surface area contributed by atoms with E-state index in [0.29, 0.717) is 34.4 Å². The third-order valence-electron chi connectivity index (χ3n) is 2.44. The lowest BCUT2D eigenvalue weighted by Crippen LogP contribution is -2.40. The number of hydrogen-bond acceptors (Lipinski definition) is 2. The van der Waals surface area contributed by atoms with Crippen molar-refractivity contribution in [2.24, 2.45) is 0 Å². The van der Waals surface area contributed by atoms with E-state index in [1.54, 1.807) is 18.2 Å². The fraction of sp³-hybridized carbons (Fsp3) is 0.273. The molecule has 1 aliphatic heterocycles. The van der Waals surface area contributed by atoms with Crippen molar-refractivity contribution in [1.29, 1.82) is 0 Å². The molecule has 0 atom stereocenters. The number of rotatable bonds is 1. The Morgan fingerprint density at radius 2 is 1.81 bits per heavy atom. The van der Waals surface area contributed by atoms with Gasteiger partial charge in [-0.1, -0.05) is 11.6 Å². The molecule has 1 aromatic carbocycles. The molecule has 0 radical (unpaired) electrons. The second-order valence-corrected chi connectivity index (χ2v) is 4.84. The molecule has 0 spiro atoms. The summed E-state index contributed by atoms with van der Waals surface area (Å²) in [6.45, 7) is 0. The van der Waals surface area contributed by atoms with Gasteiger partial charge in [-0.3, -0.25) is 14.5 Å². The van der Waals surface area contributed by atoms with Crippen molar-refractivity contribution < 1.29 is 9.59 Å². The Labute approximate surface area is 107 Å². The summed E-state index contributed by atoms with van der Waals surface area (Å²) in [5.41, 5.74) is 0.575.